The molecule has 0 fully saturated rings. The number of amides is 2. The predicted molar refractivity (Wildman–Crippen MR) is 85.1 cm³/mol. The van der Waals surface area contributed by atoms with Crippen molar-refractivity contribution < 1.29 is 4.79 Å². The van der Waals surface area contributed by atoms with Gasteiger partial charge in [0.15, 0.2) is 0 Å². The van der Waals surface area contributed by atoms with Crippen molar-refractivity contribution >= 4 is 23.1 Å². The third-order valence-corrected chi connectivity index (χ3v) is 3.73. The van der Waals surface area contributed by atoms with E-state index in [2.05, 4.69) is 11.9 Å². The van der Waals surface area contributed by atoms with E-state index in [9.17, 15) is 4.79 Å². The number of urea groups is 1. The summed E-state index contributed by atoms with van der Waals surface area (Å²) in [6.45, 7) is 6.85. The third kappa shape index (κ3) is 3.96. The number of hydrogen-bond acceptors (Lipinski definition) is 2. The van der Waals surface area contributed by atoms with Crippen LogP contribution < -0.4 is 5.32 Å². The smallest absolute Gasteiger partial charge is 0.316 e. The molecular formula is C16H18N2OS. The van der Waals surface area contributed by atoms with Gasteiger partial charge >= 0.3 is 6.03 Å². The number of benzene rings is 1. The van der Waals surface area contributed by atoms with Gasteiger partial charge in [0.1, 0.15) is 0 Å². The summed E-state index contributed by atoms with van der Waals surface area (Å²) in [4.78, 5) is 15.2. The Kier molecular flexibility index (Phi) is 4.96. The number of hydrogen-bond donors (Lipinski definition) is 1. The second-order valence-electron chi connectivity index (χ2n) is 4.54. The van der Waals surface area contributed by atoms with E-state index in [0.29, 0.717) is 13.1 Å². The summed E-state index contributed by atoms with van der Waals surface area (Å²) in [5.74, 6) is 0. The largest absolute Gasteiger partial charge is 0.322 e. The lowest BCUT2D eigenvalue weighted by Crippen LogP contribution is -2.34. The quantitative estimate of drug-likeness (QED) is 0.818. The van der Waals surface area contributed by atoms with E-state index < -0.39 is 0 Å². The standard InChI is InChI=1S/C16H18N2OS/c1-3-10-18(12-15-5-4-11-20-15)16(19)17-14-8-6-13(2)7-9-14/h3-9,11H,1,10,12H2,2H3,(H,17,19). The van der Waals surface area contributed by atoms with Gasteiger partial charge in [0.25, 0.3) is 0 Å². The van der Waals surface area contributed by atoms with Gasteiger partial charge in [-0.1, -0.05) is 29.8 Å². The van der Waals surface area contributed by atoms with Gasteiger partial charge in [0.2, 0.25) is 0 Å². The van der Waals surface area contributed by atoms with Crippen molar-refractivity contribution in [3.05, 3.63) is 64.9 Å². The van der Waals surface area contributed by atoms with E-state index in [1.807, 2.05) is 48.7 Å². The first-order valence-corrected chi connectivity index (χ1v) is 7.33. The van der Waals surface area contributed by atoms with E-state index >= 15 is 0 Å². The maximum absolute atomic E-state index is 12.3. The van der Waals surface area contributed by atoms with Crippen LogP contribution in [-0.4, -0.2) is 17.5 Å². The van der Waals surface area contributed by atoms with Gasteiger partial charge in [0.05, 0.1) is 6.54 Å². The summed E-state index contributed by atoms with van der Waals surface area (Å²) in [6.07, 6.45) is 1.74. The average molecular weight is 286 g/mol. The second-order valence-corrected chi connectivity index (χ2v) is 5.58. The van der Waals surface area contributed by atoms with E-state index in [1.54, 1.807) is 22.3 Å². The summed E-state index contributed by atoms with van der Waals surface area (Å²) in [7, 11) is 0. The van der Waals surface area contributed by atoms with Crippen molar-refractivity contribution in [2.75, 3.05) is 11.9 Å². The number of nitrogens with zero attached hydrogens (tertiary/aromatic N) is 1. The maximum Gasteiger partial charge on any atom is 0.322 e. The highest BCUT2D eigenvalue weighted by Crippen LogP contribution is 2.14. The fourth-order valence-electron chi connectivity index (χ4n) is 1.81. The predicted octanol–water partition coefficient (Wildman–Crippen LogP) is 4.28. The molecule has 0 unspecified atom stereocenters. The molecule has 1 aromatic carbocycles. The molecular weight excluding hydrogens is 268 g/mol. The van der Waals surface area contributed by atoms with Gasteiger partial charge in [-0.25, -0.2) is 4.79 Å². The molecule has 0 aliphatic rings. The van der Waals surface area contributed by atoms with Gasteiger partial charge in [-0.2, -0.15) is 0 Å². The first kappa shape index (κ1) is 14.3. The van der Waals surface area contributed by atoms with E-state index in [0.717, 1.165) is 10.6 Å². The lowest BCUT2D eigenvalue weighted by molar-refractivity contribution is 0.215. The van der Waals surface area contributed by atoms with Crippen LogP contribution in [0.3, 0.4) is 0 Å². The Bertz CT molecular complexity index is 561. The highest BCUT2D eigenvalue weighted by atomic mass is 32.1. The number of anilines is 1. The lowest BCUT2D eigenvalue weighted by atomic mass is 10.2. The molecule has 1 heterocycles. The van der Waals surface area contributed by atoms with Crippen LogP contribution in [0.15, 0.2) is 54.4 Å². The highest BCUT2D eigenvalue weighted by molar-refractivity contribution is 7.09. The number of nitrogens with one attached hydrogen (secondary N) is 1. The Balaban J connectivity index is 2.02. The minimum atomic E-state index is -0.109. The topological polar surface area (TPSA) is 32.3 Å². The molecule has 2 rings (SSSR count). The number of thiophene rings is 1. The minimum Gasteiger partial charge on any atom is -0.316 e. The molecule has 2 aromatic rings. The molecule has 0 spiro atoms. The van der Waals surface area contributed by atoms with Crippen molar-refractivity contribution in [3.63, 3.8) is 0 Å². The average Bonchev–Trinajstić information content (AvgIpc) is 2.94. The summed E-state index contributed by atoms with van der Waals surface area (Å²) in [6, 6.07) is 11.7. The van der Waals surface area contributed by atoms with Crippen LogP contribution >= 0.6 is 11.3 Å². The Morgan fingerprint density at radius 1 is 1.35 bits per heavy atom. The molecule has 104 valence electrons. The van der Waals surface area contributed by atoms with E-state index in [-0.39, 0.29) is 6.03 Å². The van der Waals surface area contributed by atoms with Gasteiger partial charge in [-0.15, -0.1) is 17.9 Å². The van der Waals surface area contributed by atoms with Gasteiger partial charge in [-0.05, 0) is 30.5 Å². The summed E-state index contributed by atoms with van der Waals surface area (Å²) in [5.41, 5.74) is 1.98. The highest BCUT2D eigenvalue weighted by Gasteiger charge is 2.13. The molecule has 0 atom stereocenters. The van der Waals surface area contributed by atoms with Crippen LogP contribution in [0.4, 0.5) is 10.5 Å². The number of rotatable bonds is 5. The number of aryl methyl sites for hydroxylation is 1. The first-order valence-electron chi connectivity index (χ1n) is 6.45. The van der Waals surface area contributed by atoms with E-state index in [4.69, 9.17) is 0 Å². The van der Waals surface area contributed by atoms with Crippen LogP contribution in [0, 0.1) is 6.92 Å². The molecule has 1 aromatic heterocycles. The van der Waals surface area contributed by atoms with Crippen LogP contribution in [0.2, 0.25) is 0 Å². The molecule has 0 aliphatic heterocycles. The fourth-order valence-corrected chi connectivity index (χ4v) is 2.52. The van der Waals surface area contributed by atoms with Crippen LogP contribution in [-0.2, 0) is 6.54 Å². The van der Waals surface area contributed by atoms with Crippen LogP contribution in [0.1, 0.15) is 10.4 Å². The van der Waals surface area contributed by atoms with Crippen molar-refractivity contribution in [1.29, 1.82) is 0 Å². The third-order valence-electron chi connectivity index (χ3n) is 2.87. The summed E-state index contributed by atoms with van der Waals surface area (Å²) < 4.78 is 0. The van der Waals surface area contributed by atoms with Gasteiger partial charge in [0, 0.05) is 17.1 Å². The molecule has 0 aliphatic carbocycles. The zero-order chi connectivity index (χ0) is 14.4. The zero-order valence-corrected chi connectivity index (χ0v) is 12.3. The van der Waals surface area contributed by atoms with E-state index in [1.165, 1.54) is 5.56 Å². The van der Waals surface area contributed by atoms with Crippen molar-refractivity contribution in [2.45, 2.75) is 13.5 Å². The van der Waals surface area contributed by atoms with Crippen molar-refractivity contribution in [1.82, 2.24) is 4.90 Å². The monoisotopic (exact) mass is 286 g/mol. The molecule has 4 heteroatoms. The Labute approximate surface area is 123 Å². The zero-order valence-electron chi connectivity index (χ0n) is 11.5. The molecule has 1 N–H and O–H groups in total. The maximum atomic E-state index is 12.3. The fraction of sp³-hybridized carbons (Fsp3) is 0.188. The second kappa shape index (κ2) is 6.91. The van der Waals surface area contributed by atoms with Gasteiger partial charge in [-0.3, -0.25) is 0 Å². The lowest BCUT2D eigenvalue weighted by Gasteiger charge is -2.21. The molecule has 2 amide bonds. The SMILES string of the molecule is C=CCN(Cc1cccs1)C(=O)Nc1ccc(C)cc1. The Morgan fingerprint density at radius 3 is 2.70 bits per heavy atom. The normalized spacial score (nSPS) is 10.1. The molecule has 20 heavy (non-hydrogen) atoms. The summed E-state index contributed by atoms with van der Waals surface area (Å²) in [5, 5.41) is 4.92. The Hall–Kier alpha value is -2.07. The first-order chi connectivity index (χ1) is 9.69. The molecule has 0 bridgehead atoms. The molecule has 3 nitrogen and oxygen atoms in total. The van der Waals surface area contributed by atoms with Crippen LogP contribution in [0.25, 0.3) is 0 Å². The van der Waals surface area contributed by atoms with Crippen LogP contribution in [0.5, 0.6) is 0 Å². The molecule has 0 saturated heterocycles. The van der Waals surface area contributed by atoms with Crippen molar-refractivity contribution in [3.8, 4) is 0 Å². The summed E-state index contributed by atoms with van der Waals surface area (Å²) >= 11 is 1.65. The number of carbonyl (C=O) groups excluding carboxylic acids is 1. The molecule has 0 saturated carbocycles. The van der Waals surface area contributed by atoms with Crippen molar-refractivity contribution in [2.24, 2.45) is 0 Å². The molecule has 0 radical (unpaired) electrons. The minimum absolute atomic E-state index is 0.109. The number of carbonyl (C=O) groups is 1. The Morgan fingerprint density at radius 2 is 2.10 bits per heavy atom. The van der Waals surface area contributed by atoms with Gasteiger partial charge < -0.3 is 10.2 Å².